The van der Waals surface area contributed by atoms with Crippen LogP contribution in [0, 0.1) is 0 Å². The van der Waals surface area contributed by atoms with E-state index in [4.69, 9.17) is 4.42 Å². The Labute approximate surface area is 121 Å². The van der Waals surface area contributed by atoms with Crippen LogP contribution in [0.4, 0.5) is 0 Å². The molecule has 1 aromatic carbocycles. The standard InChI is InChI=1S/C16H17NO2S/c1-16(18,13-6-7-20-10-13)11-17-8-12-9-19-15-5-3-2-4-14(12)15/h2-7,9-10,17-18H,8,11H2,1H3. The van der Waals surface area contributed by atoms with E-state index in [0.717, 1.165) is 22.1 Å². The van der Waals surface area contributed by atoms with Gasteiger partial charge in [-0.15, -0.1) is 0 Å². The Bertz CT molecular complexity index is 685. The summed E-state index contributed by atoms with van der Waals surface area (Å²) in [5, 5.41) is 18.8. The van der Waals surface area contributed by atoms with Gasteiger partial charge < -0.3 is 14.8 Å². The summed E-state index contributed by atoms with van der Waals surface area (Å²) in [7, 11) is 0. The first-order valence-corrected chi connectivity index (χ1v) is 7.52. The molecule has 0 saturated heterocycles. The second kappa shape index (κ2) is 5.40. The first-order chi connectivity index (χ1) is 9.67. The van der Waals surface area contributed by atoms with E-state index in [2.05, 4.69) is 5.32 Å². The lowest BCUT2D eigenvalue weighted by atomic mass is 9.99. The molecule has 0 spiro atoms. The van der Waals surface area contributed by atoms with E-state index in [1.807, 2.05) is 48.0 Å². The predicted octanol–water partition coefficient (Wildman–Crippen LogP) is 3.49. The van der Waals surface area contributed by atoms with Crippen LogP contribution < -0.4 is 5.32 Å². The summed E-state index contributed by atoms with van der Waals surface area (Å²) >= 11 is 1.60. The number of rotatable bonds is 5. The van der Waals surface area contributed by atoms with E-state index in [1.165, 1.54) is 0 Å². The second-order valence-electron chi connectivity index (χ2n) is 5.15. The van der Waals surface area contributed by atoms with E-state index >= 15 is 0 Å². The van der Waals surface area contributed by atoms with Crippen LogP contribution in [0.2, 0.25) is 0 Å². The van der Waals surface area contributed by atoms with E-state index in [0.29, 0.717) is 13.1 Å². The SMILES string of the molecule is CC(O)(CNCc1coc2ccccc12)c1ccsc1. The van der Waals surface area contributed by atoms with Crippen molar-refractivity contribution in [2.75, 3.05) is 6.54 Å². The molecule has 2 aromatic heterocycles. The maximum atomic E-state index is 10.4. The molecule has 0 aliphatic carbocycles. The fourth-order valence-electron chi connectivity index (χ4n) is 2.28. The minimum atomic E-state index is -0.848. The molecule has 2 heterocycles. The maximum Gasteiger partial charge on any atom is 0.134 e. The van der Waals surface area contributed by atoms with Crippen molar-refractivity contribution in [3.63, 3.8) is 0 Å². The smallest absolute Gasteiger partial charge is 0.134 e. The highest BCUT2D eigenvalue weighted by molar-refractivity contribution is 7.08. The van der Waals surface area contributed by atoms with Crippen LogP contribution in [0.1, 0.15) is 18.1 Å². The van der Waals surface area contributed by atoms with Gasteiger partial charge in [0, 0.05) is 24.0 Å². The molecule has 104 valence electrons. The number of nitrogens with one attached hydrogen (secondary N) is 1. The van der Waals surface area contributed by atoms with Crippen LogP contribution >= 0.6 is 11.3 Å². The molecule has 1 unspecified atom stereocenters. The molecule has 2 N–H and O–H groups in total. The van der Waals surface area contributed by atoms with Gasteiger partial charge in [-0.05, 0) is 35.4 Å². The van der Waals surface area contributed by atoms with Crippen molar-refractivity contribution >= 4 is 22.3 Å². The lowest BCUT2D eigenvalue weighted by molar-refractivity contribution is 0.0571. The minimum Gasteiger partial charge on any atom is -0.464 e. The molecule has 0 amide bonds. The van der Waals surface area contributed by atoms with E-state index in [-0.39, 0.29) is 0 Å². The van der Waals surface area contributed by atoms with Gasteiger partial charge in [-0.25, -0.2) is 0 Å². The molecule has 3 aromatic rings. The molecule has 3 nitrogen and oxygen atoms in total. The predicted molar refractivity (Wildman–Crippen MR) is 81.8 cm³/mol. The monoisotopic (exact) mass is 287 g/mol. The van der Waals surface area contributed by atoms with Crippen molar-refractivity contribution in [2.24, 2.45) is 0 Å². The Hall–Kier alpha value is -1.62. The number of para-hydroxylation sites is 1. The van der Waals surface area contributed by atoms with Crippen LogP contribution in [-0.4, -0.2) is 11.7 Å². The second-order valence-corrected chi connectivity index (χ2v) is 5.93. The Morgan fingerprint density at radius 3 is 2.95 bits per heavy atom. The molecule has 0 aliphatic rings. The molecule has 1 atom stereocenters. The summed E-state index contributed by atoms with van der Waals surface area (Å²) in [6.45, 7) is 3.01. The van der Waals surface area contributed by atoms with Crippen molar-refractivity contribution < 1.29 is 9.52 Å². The lowest BCUT2D eigenvalue weighted by Crippen LogP contribution is -2.34. The molecule has 4 heteroatoms. The summed E-state index contributed by atoms with van der Waals surface area (Å²) < 4.78 is 5.50. The molecular formula is C16H17NO2S. The van der Waals surface area contributed by atoms with Crippen LogP contribution in [-0.2, 0) is 12.1 Å². The highest BCUT2D eigenvalue weighted by atomic mass is 32.1. The van der Waals surface area contributed by atoms with Gasteiger partial charge >= 0.3 is 0 Å². The van der Waals surface area contributed by atoms with Crippen molar-refractivity contribution in [3.8, 4) is 0 Å². The van der Waals surface area contributed by atoms with Gasteiger partial charge in [-0.1, -0.05) is 18.2 Å². The largest absolute Gasteiger partial charge is 0.464 e. The van der Waals surface area contributed by atoms with Crippen molar-refractivity contribution in [3.05, 3.63) is 58.5 Å². The van der Waals surface area contributed by atoms with Crippen LogP contribution in [0.15, 0.2) is 51.8 Å². The molecule has 0 saturated carbocycles. The molecule has 0 aliphatic heterocycles. The first-order valence-electron chi connectivity index (χ1n) is 6.58. The average molecular weight is 287 g/mol. The van der Waals surface area contributed by atoms with Gasteiger partial charge in [0.25, 0.3) is 0 Å². The maximum absolute atomic E-state index is 10.4. The molecule has 0 radical (unpaired) electrons. The highest BCUT2D eigenvalue weighted by Crippen LogP contribution is 2.23. The number of hydrogen-bond donors (Lipinski definition) is 2. The van der Waals surface area contributed by atoms with Crippen molar-refractivity contribution in [2.45, 2.75) is 19.1 Å². The van der Waals surface area contributed by atoms with Gasteiger partial charge in [0.05, 0.1) is 11.9 Å². The van der Waals surface area contributed by atoms with Gasteiger partial charge in [0.1, 0.15) is 5.58 Å². The molecule has 20 heavy (non-hydrogen) atoms. The normalized spacial score (nSPS) is 14.5. The topological polar surface area (TPSA) is 45.4 Å². The number of thiophene rings is 1. The zero-order chi connectivity index (χ0) is 14.0. The molecule has 3 rings (SSSR count). The zero-order valence-corrected chi connectivity index (χ0v) is 12.1. The third-order valence-corrected chi connectivity index (χ3v) is 4.17. The highest BCUT2D eigenvalue weighted by Gasteiger charge is 2.22. The van der Waals surface area contributed by atoms with Crippen LogP contribution in [0.25, 0.3) is 11.0 Å². The van der Waals surface area contributed by atoms with E-state index in [9.17, 15) is 5.11 Å². The fourth-order valence-corrected chi connectivity index (χ4v) is 3.07. The Balaban J connectivity index is 1.66. The number of furan rings is 1. The van der Waals surface area contributed by atoms with Crippen LogP contribution in [0.5, 0.6) is 0 Å². The quantitative estimate of drug-likeness (QED) is 0.755. The Kier molecular flexibility index (Phi) is 3.61. The van der Waals surface area contributed by atoms with Gasteiger partial charge in [0.15, 0.2) is 0 Å². The fraction of sp³-hybridized carbons (Fsp3) is 0.250. The Morgan fingerprint density at radius 1 is 1.30 bits per heavy atom. The lowest BCUT2D eigenvalue weighted by Gasteiger charge is -2.22. The van der Waals surface area contributed by atoms with Gasteiger partial charge in [-0.3, -0.25) is 0 Å². The van der Waals surface area contributed by atoms with Gasteiger partial charge in [-0.2, -0.15) is 11.3 Å². The number of benzene rings is 1. The molecule has 0 fully saturated rings. The number of aliphatic hydroxyl groups is 1. The third kappa shape index (κ3) is 2.63. The van der Waals surface area contributed by atoms with E-state index in [1.54, 1.807) is 17.6 Å². The Morgan fingerprint density at radius 2 is 2.15 bits per heavy atom. The number of hydrogen-bond acceptors (Lipinski definition) is 4. The summed E-state index contributed by atoms with van der Waals surface area (Å²) in [4.78, 5) is 0. The van der Waals surface area contributed by atoms with E-state index < -0.39 is 5.60 Å². The number of fused-ring (bicyclic) bond motifs is 1. The summed E-state index contributed by atoms with van der Waals surface area (Å²) in [6.07, 6.45) is 1.77. The summed E-state index contributed by atoms with van der Waals surface area (Å²) in [6, 6.07) is 9.93. The first kappa shape index (κ1) is 13.4. The molecular weight excluding hydrogens is 270 g/mol. The minimum absolute atomic E-state index is 0.503. The summed E-state index contributed by atoms with van der Waals surface area (Å²) in [5.41, 5.74) is 2.11. The van der Waals surface area contributed by atoms with Crippen LogP contribution in [0.3, 0.4) is 0 Å². The molecule has 0 bridgehead atoms. The third-order valence-electron chi connectivity index (χ3n) is 3.49. The zero-order valence-electron chi connectivity index (χ0n) is 11.3. The van der Waals surface area contributed by atoms with Crippen molar-refractivity contribution in [1.82, 2.24) is 5.32 Å². The average Bonchev–Trinajstić information content (AvgIpc) is 3.08. The summed E-state index contributed by atoms with van der Waals surface area (Å²) in [5.74, 6) is 0. The van der Waals surface area contributed by atoms with Gasteiger partial charge in [0.2, 0.25) is 0 Å². The van der Waals surface area contributed by atoms with Crippen molar-refractivity contribution in [1.29, 1.82) is 0 Å².